The van der Waals surface area contributed by atoms with Gasteiger partial charge in [0, 0.05) is 23.7 Å². The molecule has 0 aromatic heterocycles. The van der Waals surface area contributed by atoms with Crippen molar-refractivity contribution in [3.05, 3.63) is 38.9 Å². The third-order valence-electron chi connectivity index (χ3n) is 3.74. The Morgan fingerprint density at radius 2 is 2.14 bits per heavy atom. The molecular formula is C14H18ClN3O3. The number of nitro benzene ring substituents is 1. The average Bonchev–Trinajstić information content (AvgIpc) is 2.48. The lowest BCUT2D eigenvalue weighted by Gasteiger charge is -2.33. The van der Waals surface area contributed by atoms with Gasteiger partial charge >= 0.3 is 0 Å². The van der Waals surface area contributed by atoms with Crippen LogP contribution in [-0.2, 0) is 0 Å². The zero-order valence-corrected chi connectivity index (χ0v) is 12.6. The van der Waals surface area contributed by atoms with E-state index in [0.717, 1.165) is 25.9 Å². The Labute approximate surface area is 128 Å². The summed E-state index contributed by atoms with van der Waals surface area (Å²) in [5.41, 5.74) is -0.135. The van der Waals surface area contributed by atoms with Crippen LogP contribution in [0.25, 0.3) is 0 Å². The summed E-state index contributed by atoms with van der Waals surface area (Å²) in [4.78, 5) is 25.0. The smallest absolute Gasteiger partial charge is 0.282 e. The van der Waals surface area contributed by atoms with Gasteiger partial charge in [-0.1, -0.05) is 11.6 Å². The number of nitrogens with zero attached hydrogens (tertiary/aromatic N) is 2. The molecule has 7 heteroatoms. The van der Waals surface area contributed by atoms with E-state index in [2.05, 4.69) is 5.32 Å². The minimum atomic E-state index is -0.542. The Bertz CT molecular complexity index is 544. The van der Waals surface area contributed by atoms with Gasteiger partial charge in [-0.3, -0.25) is 14.9 Å². The quantitative estimate of drug-likeness (QED) is 0.684. The van der Waals surface area contributed by atoms with Gasteiger partial charge in [-0.05, 0) is 45.0 Å². The lowest BCUT2D eigenvalue weighted by atomic mass is 10.0. The van der Waals surface area contributed by atoms with Crippen molar-refractivity contribution in [2.75, 3.05) is 19.6 Å². The molecule has 0 unspecified atom stereocenters. The summed E-state index contributed by atoms with van der Waals surface area (Å²) in [6, 6.07) is 4.21. The Morgan fingerprint density at radius 1 is 1.48 bits per heavy atom. The van der Waals surface area contributed by atoms with Gasteiger partial charge in [0.1, 0.15) is 5.56 Å². The highest BCUT2D eigenvalue weighted by Gasteiger charge is 2.29. The third-order valence-corrected chi connectivity index (χ3v) is 3.97. The molecule has 0 aliphatic carbocycles. The fourth-order valence-electron chi connectivity index (χ4n) is 2.68. The molecule has 1 N–H and O–H groups in total. The van der Waals surface area contributed by atoms with Crippen LogP contribution in [0.2, 0.25) is 5.02 Å². The molecule has 0 spiro atoms. The lowest BCUT2D eigenvalue weighted by Crippen LogP contribution is -2.46. The Kier molecular flexibility index (Phi) is 5.14. The number of benzene rings is 1. The highest BCUT2D eigenvalue weighted by atomic mass is 35.5. The number of nitro groups is 1. The van der Waals surface area contributed by atoms with Gasteiger partial charge in [0.05, 0.1) is 4.92 Å². The van der Waals surface area contributed by atoms with E-state index in [0.29, 0.717) is 11.6 Å². The number of rotatable bonds is 4. The summed E-state index contributed by atoms with van der Waals surface area (Å²) < 4.78 is 0. The molecule has 6 nitrogen and oxygen atoms in total. The summed E-state index contributed by atoms with van der Waals surface area (Å²) in [6.07, 6.45) is 1.71. The number of hydrogen-bond acceptors (Lipinski definition) is 4. The van der Waals surface area contributed by atoms with E-state index in [1.807, 2.05) is 6.92 Å². The molecule has 114 valence electrons. The molecule has 1 amide bonds. The molecule has 0 bridgehead atoms. The first-order valence-electron chi connectivity index (χ1n) is 7.00. The number of nitrogens with one attached hydrogen (secondary N) is 1. The van der Waals surface area contributed by atoms with Crippen molar-refractivity contribution in [1.29, 1.82) is 0 Å². The minimum Gasteiger partial charge on any atom is -0.336 e. The average molecular weight is 312 g/mol. The first-order chi connectivity index (χ1) is 10.0. The molecule has 1 aliphatic rings. The summed E-state index contributed by atoms with van der Waals surface area (Å²) in [6.45, 7) is 4.11. The van der Waals surface area contributed by atoms with Crippen LogP contribution in [0.3, 0.4) is 0 Å². The topological polar surface area (TPSA) is 75.5 Å². The SMILES string of the molecule is CCN(C(=O)c1cc(Cl)ccc1[N+](=O)[O-])C1CCNCC1. The van der Waals surface area contributed by atoms with Crippen LogP contribution >= 0.6 is 11.6 Å². The number of amides is 1. The lowest BCUT2D eigenvalue weighted by molar-refractivity contribution is -0.385. The third kappa shape index (κ3) is 3.51. The molecule has 1 heterocycles. The number of carbonyl (C=O) groups is 1. The Balaban J connectivity index is 2.32. The maximum Gasteiger partial charge on any atom is 0.282 e. The van der Waals surface area contributed by atoms with Crippen molar-refractivity contribution in [2.45, 2.75) is 25.8 Å². The molecule has 0 saturated carbocycles. The molecular weight excluding hydrogens is 294 g/mol. The maximum atomic E-state index is 12.7. The molecule has 1 aromatic carbocycles. The van der Waals surface area contributed by atoms with Crippen LogP contribution in [0.4, 0.5) is 5.69 Å². The van der Waals surface area contributed by atoms with E-state index in [1.54, 1.807) is 4.90 Å². The summed E-state index contributed by atoms with van der Waals surface area (Å²) in [7, 11) is 0. The fraction of sp³-hybridized carbons (Fsp3) is 0.500. The van der Waals surface area contributed by atoms with E-state index in [4.69, 9.17) is 11.6 Å². The van der Waals surface area contributed by atoms with Crippen molar-refractivity contribution in [1.82, 2.24) is 10.2 Å². The number of hydrogen-bond donors (Lipinski definition) is 1. The molecule has 0 atom stereocenters. The fourth-order valence-corrected chi connectivity index (χ4v) is 2.85. The van der Waals surface area contributed by atoms with Crippen LogP contribution in [0, 0.1) is 10.1 Å². The second-order valence-corrected chi connectivity index (χ2v) is 5.43. The molecule has 1 aromatic rings. The normalized spacial score (nSPS) is 15.7. The summed E-state index contributed by atoms with van der Waals surface area (Å²) in [5.74, 6) is -0.321. The van der Waals surface area contributed by atoms with Crippen molar-refractivity contribution in [2.24, 2.45) is 0 Å². The molecule has 1 aliphatic heterocycles. The molecule has 1 fully saturated rings. The Morgan fingerprint density at radius 3 is 2.71 bits per heavy atom. The standard InChI is InChI=1S/C14H18ClN3O3/c1-2-17(11-5-7-16-8-6-11)14(19)12-9-10(15)3-4-13(12)18(20)21/h3-4,9,11,16H,2,5-8H2,1H3. The van der Waals surface area contributed by atoms with E-state index in [1.165, 1.54) is 18.2 Å². The van der Waals surface area contributed by atoms with Crippen molar-refractivity contribution < 1.29 is 9.72 Å². The second kappa shape index (κ2) is 6.87. The first-order valence-corrected chi connectivity index (χ1v) is 7.38. The van der Waals surface area contributed by atoms with E-state index < -0.39 is 4.92 Å². The zero-order valence-electron chi connectivity index (χ0n) is 11.8. The molecule has 21 heavy (non-hydrogen) atoms. The molecule has 1 saturated heterocycles. The molecule has 0 radical (unpaired) electrons. The van der Waals surface area contributed by atoms with Gasteiger partial charge in [0.15, 0.2) is 0 Å². The van der Waals surface area contributed by atoms with Gasteiger partial charge in [-0.25, -0.2) is 0 Å². The first kappa shape index (κ1) is 15.7. The van der Waals surface area contributed by atoms with Gasteiger partial charge in [0.2, 0.25) is 0 Å². The van der Waals surface area contributed by atoms with E-state index in [9.17, 15) is 14.9 Å². The van der Waals surface area contributed by atoms with Gasteiger partial charge in [-0.15, -0.1) is 0 Å². The molecule has 2 rings (SSSR count). The van der Waals surface area contributed by atoms with Crippen molar-refractivity contribution in [3.63, 3.8) is 0 Å². The summed E-state index contributed by atoms with van der Waals surface area (Å²) >= 11 is 5.90. The van der Waals surface area contributed by atoms with Crippen molar-refractivity contribution in [3.8, 4) is 0 Å². The minimum absolute atomic E-state index is 0.0629. The zero-order chi connectivity index (χ0) is 15.4. The van der Waals surface area contributed by atoms with Gasteiger partial charge in [-0.2, -0.15) is 0 Å². The van der Waals surface area contributed by atoms with Crippen LogP contribution in [-0.4, -0.2) is 41.4 Å². The van der Waals surface area contributed by atoms with E-state index >= 15 is 0 Å². The number of carbonyl (C=O) groups excluding carboxylic acids is 1. The highest BCUT2D eigenvalue weighted by molar-refractivity contribution is 6.31. The van der Waals surface area contributed by atoms with Gasteiger partial charge < -0.3 is 10.2 Å². The predicted molar refractivity (Wildman–Crippen MR) is 80.7 cm³/mol. The van der Waals surface area contributed by atoms with E-state index in [-0.39, 0.29) is 23.2 Å². The van der Waals surface area contributed by atoms with Crippen LogP contribution in [0.15, 0.2) is 18.2 Å². The maximum absolute atomic E-state index is 12.7. The van der Waals surface area contributed by atoms with Crippen LogP contribution in [0.5, 0.6) is 0 Å². The van der Waals surface area contributed by atoms with Crippen LogP contribution < -0.4 is 5.32 Å². The second-order valence-electron chi connectivity index (χ2n) is 4.99. The number of halogens is 1. The number of piperidine rings is 1. The summed E-state index contributed by atoms with van der Waals surface area (Å²) in [5, 5.41) is 14.7. The largest absolute Gasteiger partial charge is 0.336 e. The van der Waals surface area contributed by atoms with Crippen molar-refractivity contribution >= 4 is 23.2 Å². The highest BCUT2D eigenvalue weighted by Crippen LogP contribution is 2.26. The Hall–Kier alpha value is -1.66. The predicted octanol–water partition coefficient (Wildman–Crippen LogP) is 2.46. The monoisotopic (exact) mass is 311 g/mol. The van der Waals surface area contributed by atoms with Gasteiger partial charge in [0.25, 0.3) is 11.6 Å². The van der Waals surface area contributed by atoms with Crippen LogP contribution in [0.1, 0.15) is 30.1 Å².